The number of furan rings is 1. The molecule has 2 N–H and O–H groups in total. The monoisotopic (exact) mass is 389 g/mol. The fraction of sp³-hybridized carbons (Fsp3) is 0.0556. The van der Waals surface area contributed by atoms with E-state index in [1.807, 2.05) is 0 Å². The van der Waals surface area contributed by atoms with Crippen molar-refractivity contribution in [2.75, 3.05) is 10.6 Å². The third-order valence-corrected chi connectivity index (χ3v) is 4.09. The molecule has 0 aliphatic heterocycles. The maximum Gasteiger partial charge on any atom is 0.291 e. The van der Waals surface area contributed by atoms with Crippen molar-refractivity contribution in [1.29, 1.82) is 0 Å². The van der Waals surface area contributed by atoms with Crippen LogP contribution >= 0.6 is 11.8 Å². The molecular weight excluding hydrogens is 376 g/mol. The third kappa shape index (κ3) is 4.91. The average Bonchev–Trinajstić information content (AvgIpc) is 3.18. The first-order valence-corrected chi connectivity index (χ1v) is 8.57. The SMILES string of the molecule is O=C(Nc1ccc(NC(=O)c2cccnc2SC(F)F)cc1)c1ccco1. The van der Waals surface area contributed by atoms with E-state index >= 15 is 0 Å². The number of halogens is 2. The third-order valence-electron chi connectivity index (χ3n) is 3.36. The summed E-state index contributed by atoms with van der Waals surface area (Å²) in [6, 6.07) is 12.4. The second-order valence-electron chi connectivity index (χ2n) is 5.20. The molecular formula is C18H13F2N3O3S. The highest BCUT2D eigenvalue weighted by molar-refractivity contribution is 7.99. The molecule has 1 aromatic carbocycles. The van der Waals surface area contributed by atoms with Crippen LogP contribution in [0.25, 0.3) is 0 Å². The van der Waals surface area contributed by atoms with E-state index in [1.54, 1.807) is 30.3 Å². The van der Waals surface area contributed by atoms with Crippen molar-refractivity contribution in [2.45, 2.75) is 10.8 Å². The Labute approximate surface area is 157 Å². The molecule has 9 heteroatoms. The predicted octanol–water partition coefficient (Wildman–Crippen LogP) is 4.49. The van der Waals surface area contributed by atoms with E-state index in [2.05, 4.69) is 15.6 Å². The largest absolute Gasteiger partial charge is 0.459 e. The van der Waals surface area contributed by atoms with Gasteiger partial charge in [0.25, 0.3) is 17.6 Å². The Bertz CT molecular complexity index is 931. The molecule has 0 aliphatic rings. The molecule has 0 unspecified atom stereocenters. The van der Waals surface area contributed by atoms with Crippen molar-refractivity contribution >= 4 is 35.0 Å². The Morgan fingerprint density at radius 3 is 2.22 bits per heavy atom. The van der Waals surface area contributed by atoms with Crippen LogP contribution in [0.1, 0.15) is 20.9 Å². The number of amides is 2. The van der Waals surface area contributed by atoms with Gasteiger partial charge in [0.1, 0.15) is 5.03 Å². The zero-order valence-corrected chi connectivity index (χ0v) is 14.5. The van der Waals surface area contributed by atoms with Crippen LogP contribution < -0.4 is 10.6 Å². The number of pyridine rings is 1. The lowest BCUT2D eigenvalue weighted by atomic mass is 10.2. The average molecular weight is 389 g/mol. The number of rotatable bonds is 6. The van der Waals surface area contributed by atoms with Gasteiger partial charge in [-0.05, 0) is 60.3 Å². The Hall–Kier alpha value is -3.20. The number of alkyl halides is 2. The first-order valence-electron chi connectivity index (χ1n) is 7.69. The number of nitrogens with one attached hydrogen (secondary N) is 2. The minimum Gasteiger partial charge on any atom is -0.459 e. The summed E-state index contributed by atoms with van der Waals surface area (Å²) in [5.74, 6) is -3.46. The topological polar surface area (TPSA) is 84.2 Å². The zero-order chi connectivity index (χ0) is 19.2. The minimum absolute atomic E-state index is 0.0488. The van der Waals surface area contributed by atoms with Crippen molar-refractivity contribution in [1.82, 2.24) is 4.98 Å². The van der Waals surface area contributed by atoms with Crippen molar-refractivity contribution in [3.05, 3.63) is 72.3 Å². The molecule has 2 heterocycles. The summed E-state index contributed by atoms with van der Waals surface area (Å²) in [5.41, 5.74) is 0.996. The quantitative estimate of drug-likeness (QED) is 0.607. The minimum atomic E-state index is -2.68. The Balaban J connectivity index is 1.66. The van der Waals surface area contributed by atoms with Gasteiger partial charge in [0.15, 0.2) is 5.76 Å². The van der Waals surface area contributed by atoms with Gasteiger partial charge in [-0.25, -0.2) is 4.98 Å². The first kappa shape index (κ1) is 18.6. The van der Waals surface area contributed by atoms with Crippen LogP contribution in [0.3, 0.4) is 0 Å². The van der Waals surface area contributed by atoms with Gasteiger partial charge in [-0.15, -0.1) is 0 Å². The highest BCUT2D eigenvalue weighted by Gasteiger charge is 2.17. The van der Waals surface area contributed by atoms with Gasteiger partial charge in [0.05, 0.1) is 11.8 Å². The molecule has 0 radical (unpaired) electrons. The van der Waals surface area contributed by atoms with Gasteiger partial charge in [-0.2, -0.15) is 8.78 Å². The Morgan fingerprint density at radius 2 is 1.63 bits per heavy atom. The normalized spacial score (nSPS) is 10.6. The molecule has 0 aliphatic carbocycles. The number of thioether (sulfide) groups is 1. The Kier molecular flexibility index (Phi) is 5.82. The van der Waals surface area contributed by atoms with Gasteiger partial charge in [0.2, 0.25) is 0 Å². The van der Waals surface area contributed by atoms with Gasteiger partial charge < -0.3 is 15.1 Å². The van der Waals surface area contributed by atoms with Crippen LogP contribution in [0.2, 0.25) is 0 Å². The maximum atomic E-state index is 12.6. The van der Waals surface area contributed by atoms with Gasteiger partial charge in [-0.1, -0.05) is 0 Å². The van der Waals surface area contributed by atoms with Crippen LogP contribution in [0.15, 0.2) is 70.4 Å². The van der Waals surface area contributed by atoms with Gasteiger partial charge in [0, 0.05) is 17.6 Å². The lowest BCUT2D eigenvalue weighted by molar-refractivity contribution is 0.0994. The second-order valence-corrected chi connectivity index (χ2v) is 6.18. The van der Waals surface area contributed by atoms with E-state index in [4.69, 9.17) is 4.42 Å². The van der Waals surface area contributed by atoms with Crippen molar-refractivity contribution in [3.63, 3.8) is 0 Å². The van der Waals surface area contributed by atoms with E-state index in [9.17, 15) is 18.4 Å². The summed E-state index contributed by atoms with van der Waals surface area (Å²) in [6.07, 6.45) is 2.74. The summed E-state index contributed by atoms with van der Waals surface area (Å²) in [4.78, 5) is 28.1. The lowest BCUT2D eigenvalue weighted by Crippen LogP contribution is -2.14. The Morgan fingerprint density at radius 1 is 0.963 bits per heavy atom. The van der Waals surface area contributed by atoms with Crippen LogP contribution in [-0.4, -0.2) is 22.6 Å². The van der Waals surface area contributed by atoms with Gasteiger partial charge in [-0.3, -0.25) is 9.59 Å². The van der Waals surface area contributed by atoms with Crippen LogP contribution in [0, 0.1) is 0 Å². The number of aromatic nitrogens is 1. The molecule has 0 saturated heterocycles. The van der Waals surface area contributed by atoms with Crippen LogP contribution in [0.5, 0.6) is 0 Å². The highest BCUT2D eigenvalue weighted by atomic mass is 32.2. The molecule has 0 bridgehead atoms. The number of carbonyl (C=O) groups is 2. The first-order chi connectivity index (χ1) is 13.0. The predicted molar refractivity (Wildman–Crippen MR) is 97.2 cm³/mol. The molecule has 138 valence electrons. The van der Waals surface area contributed by atoms with E-state index in [0.29, 0.717) is 11.4 Å². The fourth-order valence-corrected chi connectivity index (χ4v) is 2.76. The maximum absolute atomic E-state index is 12.6. The molecule has 0 atom stereocenters. The number of hydrogen-bond donors (Lipinski definition) is 2. The number of anilines is 2. The van der Waals surface area contributed by atoms with Crippen molar-refractivity contribution in [3.8, 4) is 0 Å². The number of benzene rings is 1. The number of nitrogens with zero attached hydrogens (tertiary/aromatic N) is 1. The lowest BCUT2D eigenvalue weighted by Gasteiger charge is -2.09. The molecule has 3 aromatic rings. The summed E-state index contributed by atoms with van der Waals surface area (Å²) in [6.45, 7) is 0. The van der Waals surface area contributed by atoms with E-state index in [0.717, 1.165) is 0 Å². The van der Waals surface area contributed by atoms with Crippen molar-refractivity contribution in [2.24, 2.45) is 0 Å². The van der Waals surface area contributed by atoms with Crippen LogP contribution in [-0.2, 0) is 0 Å². The smallest absolute Gasteiger partial charge is 0.291 e. The molecule has 0 fully saturated rings. The summed E-state index contributed by atoms with van der Waals surface area (Å²) < 4.78 is 30.2. The zero-order valence-electron chi connectivity index (χ0n) is 13.7. The standard InChI is InChI=1S/C18H13F2N3O3S/c19-18(20)27-17-13(3-1-9-21-17)15(24)22-11-5-7-12(8-6-11)23-16(25)14-4-2-10-26-14/h1-10,18H,(H,22,24)(H,23,25). The fourth-order valence-electron chi connectivity index (χ4n) is 2.18. The van der Waals surface area contributed by atoms with Gasteiger partial charge >= 0.3 is 0 Å². The highest BCUT2D eigenvalue weighted by Crippen LogP contribution is 2.27. The molecule has 0 saturated carbocycles. The van der Waals surface area contributed by atoms with Crippen molar-refractivity contribution < 1.29 is 22.8 Å². The number of hydrogen-bond acceptors (Lipinski definition) is 5. The molecule has 6 nitrogen and oxygen atoms in total. The van der Waals surface area contributed by atoms with Crippen LogP contribution in [0.4, 0.5) is 20.2 Å². The number of carbonyl (C=O) groups excluding carboxylic acids is 2. The summed E-state index contributed by atoms with van der Waals surface area (Å²) >= 11 is 0.210. The summed E-state index contributed by atoms with van der Waals surface area (Å²) in [5, 5.41) is 5.21. The molecule has 2 amide bonds. The summed E-state index contributed by atoms with van der Waals surface area (Å²) in [7, 11) is 0. The van der Waals surface area contributed by atoms with E-state index < -0.39 is 17.6 Å². The van der Waals surface area contributed by atoms with E-state index in [1.165, 1.54) is 30.7 Å². The second kappa shape index (κ2) is 8.45. The molecule has 3 rings (SSSR count). The molecule has 27 heavy (non-hydrogen) atoms. The van der Waals surface area contributed by atoms with E-state index in [-0.39, 0.29) is 28.1 Å². The molecule has 2 aromatic heterocycles. The molecule has 0 spiro atoms.